The Kier molecular flexibility index (Phi) is 5.46. The predicted octanol–water partition coefficient (Wildman–Crippen LogP) is -0.162. The van der Waals surface area contributed by atoms with E-state index in [9.17, 15) is 4.79 Å². The predicted molar refractivity (Wildman–Crippen MR) is 82.5 cm³/mol. The van der Waals surface area contributed by atoms with E-state index < -0.39 is 0 Å². The van der Waals surface area contributed by atoms with Crippen LogP contribution in [0.25, 0.3) is 0 Å². The quantitative estimate of drug-likeness (QED) is 0.813. The summed E-state index contributed by atoms with van der Waals surface area (Å²) in [4.78, 5) is 26.9. The minimum absolute atomic E-state index is 0.0166. The molecular formula is C14H24N6O. The smallest absolute Gasteiger partial charge is 0.257 e. The molecular weight excluding hydrogens is 268 g/mol. The van der Waals surface area contributed by atoms with Crippen molar-refractivity contribution in [2.24, 2.45) is 0 Å². The van der Waals surface area contributed by atoms with Crippen LogP contribution >= 0.6 is 0 Å². The van der Waals surface area contributed by atoms with Gasteiger partial charge in [0.1, 0.15) is 0 Å². The molecule has 21 heavy (non-hydrogen) atoms. The van der Waals surface area contributed by atoms with Gasteiger partial charge in [-0.05, 0) is 21.1 Å². The van der Waals surface area contributed by atoms with Gasteiger partial charge in [0.25, 0.3) is 5.91 Å². The highest BCUT2D eigenvalue weighted by molar-refractivity contribution is 5.93. The van der Waals surface area contributed by atoms with Crippen LogP contribution in [0.2, 0.25) is 0 Å². The van der Waals surface area contributed by atoms with E-state index in [1.807, 2.05) is 19.0 Å². The third-order valence-corrected chi connectivity index (χ3v) is 3.53. The van der Waals surface area contributed by atoms with Gasteiger partial charge >= 0.3 is 0 Å². The number of amides is 1. The van der Waals surface area contributed by atoms with E-state index in [4.69, 9.17) is 0 Å². The van der Waals surface area contributed by atoms with Crippen molar-refractivity contribution in [2.45, 2.75) is 0 Å². The van der Waals surface area contributed by atoms with E-state index in [-0.39, 0.29) is 5.91 Å². The van der Waals surface area contributed by atoms with Gasteiger partial charge in [0, 0.05) is 51.7 Å². The zero-order valence-electron chi connectivity index (χ0n) is 13.0. The Morgan fingerprint density at radius 3 is 2.43 bits per heavy atom. The summed E-state index contributed by atoms with van der Waals surface area (Å²) in [6, 6.07) is 0. The Morgan fingerprint density at radius 2 is 1.86 bits per heavy atom. The molecule has 0 saturated carbocycles. The number of rotatable bonds is 5. The number of hydrogen-bond donors (Lipinski definition) is 1. The number of likely N-dealkylation sites (N-methyl/N-ethyl adjacent to an activating group) is 2. The Bertz CT molecular complexity index is 453. The molecule has 0 atom stereocenters. The lowest BCUT2D eigenvalue weighted by molar-refractivity contribution is 0.0663. The fourth-order valence-corrected chi connectivity index (χ4v) is 2.11. The molecule has 0 aromatic carbocycles. The van der Waals surface area contributed by atoms with Crippen LogP contribution in [0.5, 0.6) is 0 Å². The number of hydrogen-bond acceptors (Lipinski definition) is 6. The summed E-state index contributed by atoms with van der Waals surface area (Å²) in [6.45, 7) is 5.04. The summed E-state index contributed by atoms with van der Waals surface area (Å²) in [5, 5.41) is 3.13. The summed E-state index contributed by atoms with van der Waals surface area (Å²) < 4.78 is 0. The third-order valence-electron chi connectivity index (χ3n) is 3.53. The van der Waals surface area contributed by atoms with E-state index >= 15 is 0 Å². The molecule has 0 spiro atoms. The maximum absolute atomic E-state index is 12.3. The molecule has 1 aromatic rings. The van der Waals surface area contributed by atoms with Crippen molar-refractivity contribution in [3.63, 3.8) is 0 Å². The maximum atomic E-state index is 12.3. The third kappa shape index (κ3) is 4.64. The van der Waals surface area contributed by atoms with E-state index in [0.717, 1.165) is 39.3 Å². The molecule has 1 aliphatic rings. The maximum Gasteiger partial charge on any atom is 0.257 e. The van der Waals surface area contributed by atoms with E-state index in [0.29, 0.717) is 11.5 Å². The summed E-state index contributed by atoms with van der Waals surface area (Å²) in [5.41, 5.74) is 0.553. The van der Waals surface area contributed by atoms with Crippen molar-refractivity contribution >= 4 is 11.9 Å². The topological polar surface area (TPSA) is 64.6 Å². The van der Waals surface area contributed by atoms with Gasteiger partial charge in [-0.2, -0.15) is 0 Å². The summed E-state index contributed by atoms with van der Waals surface area (Å²) in [6.07, 6.45) is 3.21. The van der Waals surface area contributed by atoms with Crippen LogP contribution in [0.1, 0.15) is 10.4 Å². The lowest BCUT2D eigenvalue weighted by Gasteiger charge is -2.32. The first-order valence-corrected chi connectivity index (χ1v) is 7.25. The molecule has 116 valence electrons. The second-order valence-corrected chi connectivity index (χ2v) is 5.62. The van der Waals surface area contributed by atoms with Gasteiger partial charge in [-0.25, -0.2) is 9.97 Å². The van der Waals surface area contributed by atoms with Crippen molar-refractivity contribution in [3.8, 4) is 0 Å². The summed E-state index contributed by atoms with van der Waals surface area (Å²) in [5.74, 6) is 0.578. The highest BCUT2D eigenvalue weighted by atomic mass is 16.2. The largest absolute Gasteiger partial charge is 0.353 e. The number of anilines is 1. The molecule has 0 aliphatic carbocycles. The van der Waals surface area contributed by atoms with E-state index in [1.165, 1.54) is 0 Å². The van der Waals surface area contributed by atoms with Gasteiger partial charge in [-0.3, -0.25) is 4.79 Å². The summed E-state index contributed by atoms with van der Waals surface area (Å²) >= 11 is 0. The molecule has 0 bridgehead atoms. The van der Waals surface area contributed by atoms with Crippen molar-refractivity contribution in [1.29, 1.82) is 0 Å². The van der Waals surface area contributed by atoms with Crippen LogP contribution in [-0.4, -0.2) is 91.0 Å². The Balaban J connectivity index is 1.87. The summed E-state index contributed by atoms with van der Waals surface area (Å²) in [7, 11) is 6.10. The number of carbonyl (C=O) groups is 1. The highest BCUT2D eigenvalue weighted by Gasteiger charge is 2.20. The van der Waals surface area contributed by atoms with Crippen LogP contribution in [0, 0.1) is 0 Å². The number of aromatic nitrogens is 2. The molecule has 0 unspecified atom stereocenters. The minimum Gasteiger partial charge on any atom is -0.353 e. The average Bonchev–Trinajstić information content (AvgIpc) is 2.48. The zero-order valence-corrected chi connectivity index (χ0v) is 13.0. The van der Waals surface area contributed by atoms with Crippen LogP contribution in [0.3, 0.4) is 0 Å². The molecule has 1 fully saturated rings. The molecule has 7 nitrogen and oxygen atoms in total. The molecule has 1 amide bonds. The van der Waals surface area contributed by atoms with Crippen molar-refractivity contribution in [2.75, 3.05) is 65.7 Å². The molecule has 1 aliphatic heterocycles. The number of nitrogens with zero attached hydrogens (tertiary/aromatic N) is 5. The van der Waals surface area contributed by atoms with Crippen molar-refractivity contribution < 1.29 is 4.79 Å². The minimum atomic E-state index is 0.0166. The average molecular weight is 292 g/mol. The number of nitrogens with one attached hydrogen (secondary N) is 1. The lowest BCUT2D eigenvalue weighted by atomic mass is 10.2. The second-order valence-electron chi connectivity index (χ2n) is 5.62. The molecule has 7 heteroatoms. The van der Waals surface area contributed by atoms with Gasteiger partial charge in [0.05, 0.1) is 5.56 Å². The normalized spacial score (nSPS) is 16.3. The molecule has 1 N–H and O–H groups in total. The van der Waals surface area contributed by atoms with Crippen LogP contribution in [0.4, 0.5) is 5.95 Å². The molecule has 0 radical (unpaired) electrons. The molecule has 2 rings (SSSR count). The Morgan fingerprint density at radius 1 is 1.24 bits per heavy atom. The van der Waals surface area contributed by atoms with Crippen molar-refractivity contribution in [3.05, 3.63) is 18.0 Å². The molecule has 2 heterocycles. The standard InChI is InChI=1S/C14H24N6O/c1-18(2)5-4-15-14-16-10-12(11-17-14)13(21)20-8-6-19(3)7-9-20/h10-11H,4-9H2,1-3H3,(H,15,16,17). The molecule has 1 aromatic heterocycles. The second kappa shape index (κ2) is 7.33. The van der Waals surface area contributed by atoms with Gasteiger partial charge in [0.15, 0.2) is 0 Å². The van der Waals surface area contributed by atoms with Crippen LogP contribution in [-0.2, 0) is 0 Å². The fourth-order valence-electron chi connectivity index (χ4n) is 2.11. The zero-order chi connectivity index (χ0) is 15.2. The van der Waals surface area contributed by atoms with E-state index in [2.05, 4.69) is 32.1 Å². The lowest BCUT2D eigenvalue weighted by Crippen LogP contribution is -2.47. The number of carbonyl (C=O) groups excluding carboxylic acids is 1. The molecule has 1 saturated heterocycles. The van der Waals surface area contributed by atoms with Gasteiger partial charge < -0.3 is 20.0 Å². The first kappa shape index (κ1) is 15.7. The van der Waals surface area contributed by atoms with Gasteiger partial charge in [0.2, 0.25) is 5.95 Å². The van der Waals surface area contributed by atoms with Crippen LogP contribution in [0.15, 0.2) is 12.4 Å². The van der Waals surface area contributed by atoms with Crippen LogP contribution < -0.4 is 5.32 Å². The highest BCUT2D eigenvalue weighted by Crippen LogP contribution is 2.07. The Labute approximate surface area is 126 Å². The monoisotopic (exact) mass is 292 g/mol. The first-order valence-electron chi connectivity index (χ1n) is 7.25. The number of piperazine rings is 1. The fraction of sp³-hybridized carbons (Fsp3) is 0.643. The van der Waals surface area contributed by atoms with Gasteiger partial charge in [-0.1, -0.05) is 0 Å². The first-order chi connectivity index (χ1) is 10.1. The van der Waals surface area contributed by atoms with Crippen molar-refractivity contribution in [1.82, 2.24) is 24.7 Å². The van der Waals surface area contributed by atoms with E-state index in [1.54, 1.807) is 12.4 Å². The Hall–Kier alpha value is -1.73. The SMILES string of the molecule is CN(C)CCNc1ncc(C(=O)N2CCN(C)CC2)cn1. The van der Waals surface area contributed by atoms with Gasteiger partial charge in [-0.15, -0.1) is 0 Å².